The van der Waals surface area contributed by atoms with Gasteiger partial charge in [0.15, 0.2) is 5.82 Å². The van der Waals surface area contributed by atoms with Crippen molar-refractivity contribution in [3.63, 3.8) is 0 Å². The fourth-order valence-corrected chi connectivity index (χ4v) is 2.20. The molecule has 96 valence electrons. The molecule has 1 atom stereocenters. The molecule has 1 aliphatic heterocycles. The molecule has 1 fully saturated rings. The first-order chi connectivity index (χ1) is 8.56. The predicted molar refractivity (Wildman–Crippen MR) is 67.7 cm³/mol. The number of halogens is 2. The summed E-state index contributed by atoms with van der Waals surface area (Å²) in [6.45, 7) is 0.971. The van der Waals surface area contributed by atoms with Crippen molar-refractivity contribution in [2.75, 3.05) is 25.1 Å². The van der Waals surface area contributed by atoms with Crippen LogP contribution in [-0.2, 0) is 4.74 Å². The Kier molecular flexibility index (Phi) is 3.85. The number of aliphatic hydroxyl groups is 1. The Balaban J connectivity index is 2.11. The van der Waals surface area contributed by atoms with E-state index in [1.165, 1.54) is 12.1 Å². The fraction of sp³-hybridized carbons (Fsp3) is 0.417. The predicted octanol–water partition coefficient (Wildman–Crippen LogP) is 2.02. The zero-order chi connectivity index (χ0) is 13.2. The summed E-state index contributed by atoms with van der Waals surface area (Å²) in [6.07, 6.45) is 0.527. The highest BCUT2D eigenvalue weighted by atomic mass is 79.9. The monoisotopic (exact) mass is 314 g/mol. The lowest BCUT2D eigenvalue weighted by Crippen LogP contribution is -2.37. The highest BCUT2D eigenvalue weighted by Gasteiger charge is 2.32. The lowest BCUT2D eigenvalue weighted by molar-refractivity contribution is 0.0381. The van der Waals surface area contributed by atoms with Crippen LogP contribution in [0, 0.1) is 17.1 Å². The van der Waals surface area contributed by atoms with E-state index in [1.54, 1.807) is 0 Å². The van der Waals surface area contributed by atoms with Gasteiger partial charge < -0.3 is 15.2 Å². The lowest BCUT2D eigenvalue weighted by atomic mass is 10.0. The van der Waals surface area contributed by atoms with Crippen molar-refractivity contribution < 1.29 is 14.2 Å². The zero-order valence-corrected chi connectivity index (χ0v) is 11.1. The second-order valence-electron chi connectivity index (χ2n) is 4.28. The quantitative estimate of drug-likeness (QED) is 0.896. The number of rotatable bonds is 3. The maximum Gasteiger partial charge on any atom is 0.161 e. The molecule has 1 heterocycles. The van der Waals surface area contributed by atoms with E-state index in [0.717, 1.165) is 0 Å². The van der Waals surface area contributed by atoms with Crippen LogP contribution in [0.4, 0.5) is 10.1 Å². The van der Waals surface area contributed by atoms with Gasteiger partial charge in [0.05, 0.1) is 22.3 Å². The largest absolute Gasteiger partial charge is 0.386 e. The zero-order valence-electron chi connectivity index (χ0n) is 9.54. The molecule has 6 heteroatoms. The van der Waals surface area contributed by atoms with E-state index in [9.17, 15) is 9.50 Å². The van der Waals surface area contributed by atoms with Crippen LogP contribution in [0.5, 0.6) is 0 Å². The van der Waals surface area contributed by atoms with E-state index < -0.39 is 11.4 Å². The minimum absolute atomic E-state index is 0.129. The van der Waals surface area contributed by atoms with Crippen LogP contribution < -0.4 is 5.32 Å². The lowest BCUT2D eigenvalue weighted by Gasteiger charge is -2.21. The maximum absolute atomic E-state index is 13.9. The van der Waals surface area contributed by atoms with Gasteiger partial charge in [-0.1, -0.05) is 0 Å². The first-order valence-electron chi connectivity index (χ1n) is 5.48. The highest BCUT2D eigenvalue weighted by Crippen LogP contribution is 2.27. The van der Waals surface area contributed by atoms with Crippen LogP contribution in [0.25, 0.3) is 0 Å². The number of hydrogen-bond donors (Lipinski definition) is 2. The van der Waals surface area contributed by atoms with Gasteiger partial charge in [-0.05, 0) is 28.1 Å². The molecule has 1 aromatic carbocycles. The fourth-order valence-electron chi connectivity index (χ4n) is 1.77. The average Bonchev–Trinajstić information content (AvgIpc) is 2.79. The topological polar surface area (TPSA) is 65.3 Å². The molecule has 0 aliphatic carbocycles. The Morgan fingerprint density at radius 1 is 1.61 bits per heavy atom. The molecule has 1 saturated heterocycles. The highest BCUT2D eigenvalue weighted by molar-refractivity contribution is 9.10. The van der Waals surface area contributed by atoms with Gasteiger partial charge in [-0.2, -0.15) is 5.26 Å². The summed E-state index contributed by atoms with van der Waals surface area (Å²) in [5, 5.41) is 21.6. The molecule has 0 saturated carbocycles. The van der Waals surface area contributed by atoms with Gasteiger partial charge in [0.2, 0.25) is 0 Å². The summed E-state index contributed by atoms with van der Waals surface area (Å²) >= 11 is 3.03. The number of nitriles is 1. The summed E-state index contributed by atoms with van der Waals surface area (Å²) in [6, 6.07) is 4.89. The SMILES string of the molecule is N#Cc1ccc(NCC2(O)CCOC2)c(F)c1Br. The first-order valence-corrected chi connectivity index (χ1v) is 6.27. The smallest absolute Gasteiger partial charge is 0.161 e. The number of hydrogen-bond acceptors (Lipinski definition) is 4. The van der Waals surface area contributed by atoms with Gasteiger partial charge in [-0.25, -0.2) is 4.39 Å². The van der Waals surface area contributed by atoms with Gasteiger partial charge in [-0.3, -0.25) is 0 Å². The Morgan fingerprint density at radius 3 is 3.00 bits per heavy atom. The third-order valence-electron chi connectivity index (χ3n) is 2.89. The summed E-state index contributed by atoms with van der Waals surface area (Å²) < 4.78 is 19.1. The molecule has 18 heavy (non-hydrogen) atoms. The minimum Gasteiger partial charge on any atom is -0.386 e. The van der Waals surface area contributed by atoms with Crippen LogP contribution in [0.15, 0.2) is 16.6 Å². The number of ether oxygens (including phenoxy) is 1. The Bertz CT molecular complexity index is 496. The molecular weight excluding hydrogens is 303 g/mol. The Hall–Kier alpha value is -1.16. The van der Waals surface area contributed by atoms with Crippen molar-refractivity contribution in [3.05, 3.63) is 28.0 Å². The molecule has 0 spiro atoms. The van der Waals surface area contributed by atoms with E-state index in [0.29, 0.717) is 13.0 Å². The second kappa shape index (κ2) is 5.22. The van der Waals surface area contributed by atoms with E-state index in [2.05, 4.69) is 21.2 Å². The van der Waals surface area contributed by atoms with Crippen LogP contribution in [-0.4, -0.2) is 30.5 Å². The second-order valence-corrected chi connectivity index (χ2v) is 5.07. The molecule has 0 bridgehead atoms. The van der Waals surface area contributed by atoms with Gasteiger partial charge in [0.1, 0.15) is 11.7 Å². The van der Waals surface area contributed by atoms with Gasteiger partial charge in [0, 0.05) is 19.6 Å². The molecule has 4 nitrogen and oxygen atoms in total. The summed E-state index contributed by atoms with van der Waals surface area (Å²) in [4.78, 5) is 0. The number of anilines is 1. The van der Waals surface area contributed by atoms with E-state index in [4.69, 9.17) is 10.00 Å². The summed E-state index contributed by atoms with van der Waals surface area (Å²) in [5.74, 6) is -0.531. The molecule has 0 amide bonds. The normalized spacial score (nSPS) is 22.8. The molecule has 1 aromatic rings. The van der Waals surface area contributed by atoms with Crippen LogP contribution in [0.1, 0.15) is 12.0 Å². The molecule has 1 unspecified atom stereocenters. The Labute approximate surface area is 112 Å². The van der Waals surface area contributed by atoms with Crippen molar-refractivity contribution in [2.45, 2.75) is 12.0 Å². The molecule has 2 N–H and O–H groups in total. The maximum atomic E-state index is 13.9. The van der Waals surface area contributed by atoms with Crippen molar-refractivity contribution >= 4 is 21.6 Å². The van der Waals surface area contributed by atoms with Crippen LogP contribution in [0.2, 0.25) is 0 Å². The van der Waals surface area contributed by atoms with Crippen molar-refractivity contribution in [3.8, 4) is 6.07 Å². The van der Waals surface area contributed by atoms with Crippen molar-refractivity contribution in [1.82, 2.24) is 0 Å². The summed E-state index contributed by atoms with van der Waals surface area (Å²) in [7, 11) is 0. The van der Waals surface area contributed by atoms with E-state index in [1.807, 2.05) is 6.07 Å². The van der Waals surface area contributed by atoms with Crippen molar-refractivity contribution in [2.24, 2.45) is 0 Å². The average molecular weight is 315 g/mol. The van der Waals surface area contributed by atoms with Gasteiger partial charge >= 0.3 is 0 Å². The Morgan fingerprint density at radius 2 is 2.39 bits per heavy atom. The third kappa shape index (κ3) is 2.64. The number of benzene rings is 1. The molecule has 2 rings (SSSR count). The molecule has 0 radical (unpaired) electrons. The van der Waals surface area contributed by atoms with Gasteiger partial charge in [0.25, 0.3) is 0 Å². The van der Waals surface area contributed by atoms with E-state index >= 15 is 0 Å². The minimum atomic E-state index is -0.952. The van der Waals surface area contributed by atoms with Crippen molar-refractivity contribution in [1.29, 1.82) is 5.26 Å². The van der Waals surface area contributed by atoms with Crippen LogP contribution in [0.3, 0.4) is 0 Å². The molecule has 1 aliphatic rings. The van der Waals surface area contributed by atoms with Gasteiger partial charge in [-0.15, -0.1) is 0 Å². The third-order valence-corrected chi connectivity index (χ3v) is 3.67. The number of nitrogens with one attached hydrogen (secondary N) is 1. The van der Waals surface area contributed by atoms with E-state index in [-0.39, 0.29) is 28.9 Å². The molecule has 0 aromatic heterocycles. The number of nitrogens with zero attached hydrogens (tertiary/aromatic N) is 1. The summed E-state index contributed by atoms with van der Waals surface area (Å²) in [5.41, 5.74) is -0.463. The van der Waals surface area contributed by atoms with Crippen LogP contribution >= 0.6 is 15.9 Å². The first kappa shape index (κ1) is 13.3. The standard InChI is InChI=1S/C12H12BrFN2O2/c13-10-8(5-15)1-2-9(11(10)14)16-6-12(17)3-4-18-7-12/h1-2,16-17H,3-4,6-7H2. The molecular formula is C12H12BrFN2O2.